The third-order valence-corrected chi connectivity index (χ3v) is 6.40. The van der Waals surface area contributed by atoms with Gasteiger partial charge in [-0.05, 0) is 47.1 Å². The molecule has 2 atom stereocenters. The first-order chi connectivity index (χ1) is 17.6. The molecule has 1 aliphatic carbocycles. The van der Waals surface area contributed by atoms with E-state index in [1.54, 1.807) is 34.9 Å². The second-order valence-electron chi connectivity index (χ2n) is 10.6. The summed E-state index contributed by atoms with van der Waals surface area (Å²) in [7, 11) is 1.74. The lowest BCUT2D eigenvalue weighted by molar-refractivity contribution is 0.251. The molecule has 2 unspecified atom stereocenters. The fourth-order valence-corrected chi connectivity index (χ4v) is 4.38. The second kappa shape index (κ2) is 9.02. The van der Waals surface area contributed by atoms with E-state index in [1.807, 2.05) is 40.7 Å². The van der Waals surface area contributed by atoms with Crippen molar-refractivity contribution in [1.82, 2.24) is 34.8 Å². The summed E-state index contributed by atoms with van der Waals surface area (Å²) in [5, 5.41) is 18.0. The largest absolute Gasteiger partial charge is 0.364 e. The summed E-state index contributed by atoms with van der Waals surface area (Å²) in [6, 6.07) is 1.22. The first-order valence-corrected chi connectivity index (χ1v) is 12.2. The summed E-state index contributed by atoms with van der Waals surface area (Å²) in [4.78, 5) is 35.2. The van der Waals surface area contributed by atoms with Crippen LogP contribution in [-0.2, 0) is 5.54 Å². The Hall–Kier alpha value is -4.22. The Morgan fingerprint density at radius 2 is 2.03 bits per heavy atom. The lowest BCUT2D eigenvalue weighted by Gasteiger charge is -2.18. The third-order valence-electron chi connectivity index (χ3n) is 6.40. The number of rotatable bonds is 6. The van der Waals surface area contributed by atoms with Gasteiger partial charge in [-0.2, -0.15) is 10.1 Å². The van der Waals surface area contributed by atoms with Gasteiger partial charge in [-0.25, -0.2) is 9.78 Å². The van der Waals surface area contributed by atoms with Crippen LogP contribution in [-0.4, -0.2) is 48.6 Å². The van der Waals surface area contributed by atoms with E-state index in [9.17, 15) is 9.59 Å². The van der Waals surface area contributed by atoms with Gasteiger partial charge in [-0.15, -0.1) is 0 Å². The Labute approximate surface area is 213 Å². The van der Waals surface area contributed by atoms with Gasteiger partial charge < -0.3 is 20.5 Å². The lowest BCUT2D eigenvalue weighted by atomic mass is 10.1. The van der Waals surface area contributed by atoms with Crippen molar-refractivity contribution in [2.24, 2.45) is 0 Å². The number of aromatic nitrogens is 6. The number of carbonyl (C=O) groups is 1. The number of hydrogen-bond acceptors (Lipinski definition) is 8. The van der Waals surface area contributed by atoms with Crippen LogP contribution in [0.25, 0.3) is 22.3 Å². The standard InChI is InChI=1S/C25H31N9O3/c1-13(2)34-21-14(9-27-23(26-6)31-21)7-17(22(34)35)16-8-18(16)29-24(36)30-19-11-33(25(3,4)5)32-20(19)15-10-28-37-12-15/h7,9-13,16,18H,8H2,1-6H3,(H,26,27,31)(H2,29,30,36). The molecule has 4 aromatic rings. The second-order valence-corrected chi connectivity index (χ2v) is 10.6. The van der Waals surface area contributed by atoms with Gasteiger partial charge in [0, 0.05) is 48.4 Å². The van der Waals surface area contributed by atoms with Crippen LogP contribution >= 0.6 is 0 Å². The van der Waals surface area contributed by atoms with Crippen molar-refractivity contribution in [2.75, 3.05) is 17.7 Å². The highest BCUT2D eigenvalue weighted by molar-refractivity contribution is 5.93. The number of carbonyl (C=O) groups excluding carboxylic acids is 1. The van der Waals surface area contributed by atoms with Gasteiger partial charge in [0.15, 0.2) is 0 Å². The minimum absolute atomic E-state index is 0.0850. The zero-order valence-corrected chi connectivity index (χ0v) is 21.7. The van der Waals surface area contributed by atoms with Crippen LogP contribution in [0.2, 0.25) is 0 Å². The maximum Gasteiger partial charge on any atom is 0.319 e. The van der Waals surface area contributed by atoms with Crippen molar-refractivity contribution >= 4 is 28.7 Å². The van der Waals surface area contributed by atoms with Crippen molar-refractivity contribution in [3.63, 3.8) is 0 Å². The molecular formula is C25H31N9O3. The molecule has 0 bridgehead atoms. The third kappa shape index (κ3) is 4.66. The normalized spacial score (nSPS) is 17.3. The van der Waals surface area contributed by atoms with E-state index >= 15 is 0 Å². The van der Waals surface area contributed by atoms with Crippen molar-refractivity contribution < 1.29 is 9.32 Å². The molecule has 3 N–H and O–H groups in total. The average Bonchev–Trinajstić information content (AvgIpc) is 3.20. The monoisotopic (exact) mass is 505 g/mol. The van der Waals surface area contributed by atoms with Crippen LogP contribution in [0, 0.1) is 0 Å². The van der Waals surface area contributed by atoms with E-state index < -0.39 is 0 Å². The van der Waals surface area contributed by atoms with Crippen molar-refractivity contribution in [3.05, 3.63) is 46.8 Å². The summed E-state index contributed by atoms with van der Waals surface area (Å²) in [5.41, 5.74) is 2.62. The van der Waals surface area contributed by atoms with Crippen LogP contribution < -0.4 is 21.5 Å². The number of nitrogens with zero attached hydrogens (tertiary/aromatic N) is 6. The number of urea groups is 1. The predicted octanol–water partition coefficient (Wildman–Crippen LogP) is 3.70. The molecule has 12 nitrogen and oxygen atoms in total. The fourth-order valence-electron chi connectivity index (χ4n) is 4.38. The number of fused-ring (bicyclic) bond motifs is 1. The van der Waals surface area contributed by atoms with E-state index in [2.05, 4.69) is 36.2 Å². The summed E-state index contributed by atoms with van der Waals surface area (Å²) in [5.74, 6) is 0.364. The molecule has 1 saturated carbocycles. The Morgan fingerprint density at radius 1 is 1.24 bits per heavy atom. The predicted molar refractivity (Wildman–Crippen MR) is 140 cm³/mol. The highest BCUT2D eigenvalue weighted by Gasteiger charge is 2.42. The van der Waals surface area contributed by atoms with Gasteiger partial charge in [0.2, 0.25) is 5.95 Å². The van der Waals surface area contributed by atoms with Crippen LogP contribution in [0.5, 0.6) is 0 Å². The summed E-state index contributed by atoms with van der Waals surface area (Å²) in [6.45, 7) is 9.97. The Morgan fingerprint density at radius 3 is 2.68 bits per heavy atom. The van der Waals surface area contributed by atoms with E-state index in [-0.39, 0.29) is 35.1 Å². The summed E-state index contributed by atoms with van der Waals surface area (Å²) < 4.78 is 8.45. The molecule has 4 heterocycles. The average molecular weight is 506 g/mol. The van der Waals surface area contributed by atoms with E-state index in [0.29, 0.717) is 40.5 Å². The quantitative estimate of drug-likeness (QED) is 0.360. The van der Waals surface area contributed by atoms with Gasteiger partial charge in [0.25, 0.3) is 5.56 Å². The molecule has 0 radical (unpaired) electrons. The lowest BCUT2D eigenvalue weighted by Crippen LogP contribution is -2.32. The number of nitrogens with one attached hydrogen (secondary N) is 3. The minimum atomic E-state index is -0.370. The molecule has 2 amide bonds. The molecule has 12 heteroatoms. The van der Waals surface area contributed by atoms with Crippen LogP contribution in [0.4, 0.5) is 16.4 Å². The van der Waals surface area contributed by atoms with E-state index in [1.165, 1.54) is 6.26 Å². The highest BCUT2D eigenvalue weighted by atomic mass is 16.5. The molecular weight excluding hydrogens is 474 g/mol. The smallest absolute Gasteiger partial charge is 0.319 e. The van der Waals surface area contributed by atoms with Crippen LogP contribution in [0.3, 0.4) is 0 Å². The van der Waals surface area contributed by atoms with Gasteiger partial charge >= 0.3 is 6.03 Å². The Bertz CT molecular complexity index is 1510. The zero-order valence-electron chi connectivity index (χ0n) is 21.7. The molecule has 0 saturated heterocycles. The number of amides is 2. The molecule has 4 aromatic heterocycles. The van der Waals surface area contributed by atoms with Gasteiger partial charge in [0.05, 0.1) is 23.0 Å². The molecule has 0 spiro atoms. The SMILES string of the molecule is CNc1ncc2cc(C3CC3NC(=O)Nc3cn(C(C)(C)C)nc3-c3cnoc3)c(=O)n(C(C)C)c2n1. The molecule has 1 aliphatic rings. The van der Waals surface area contributed by atoms with Gasteiger partial charge in [-0.3, -0.25) is 14.0 Å². The first-order valence-electron chi connectivity index (χ1n) is 12.2. The number of hydrogen-bond donors (Lipinski definition) is 3. The fraction of sp³-hybridized carbons (Fsp3) is 0.440. The zero-order chi connectivity index (χ0) is 26.5. The van der Waals surface area contributed by atoms with E-state index in [4.69, 9.17) is 4.52 Å². The van der Waals surface area contributed by atoms with Crippen molar-refractivity contribution in [3.8, 4) is 11.3 Å². The number of pyridine rings is 1. The van der Waals surface area contributed by atoms with Gasteiger partial charge in [-0.1, -0.05) is 5.16 Å². The highest BCUT2D eigenvalue weighted by Crippen LogP contribution is 2.40. The Balaban J connectivity index is 1.37. The minimum Gasteiger partial charge on any atom is -0.364 e. The summed E-state index contributed by atoms with van der Waals surface area (Å²) >= 11 is 0. The van der Waals surface area contributed by atoms with Crippen LogP contribution in [0.1, 0.15) is 58.6 Å². The molecule has 37 heavy (non-hydrogen) atoms. The van der Waals surface area contributed by atoms with Crippen LogP contribution in [0.15, 0.2) is 40.2 Å². The number of anilines is 2. The van der Waals surface area contributed by atoms with Crippen molar-refractivity contribution in [2.45, 2.75) is 64.6 Å². The maximum absolute atomic E-state index is 13.4. The summed E-state index contributed by atoms with van der Waals surface area (Å²) in [6.07, 6.45) is 7.21. The first kappa shape index (κ1) is 24.5. The Kier molecular flexibility index (Phi) is 5.97. The molecule has 0 aliphatic heterocycles. The molecule has 1 fully saturated rings. The maximum atomic E-state index is 13.4. The van der Waals surface area contributed by atoms with Gasteiger partial charge in [0.1, 0.15) is 17.6 Å². The van der Waals surface area contributed by atoms with E-state index in [0.717, 1.165) is 5.39 Å². The topological polar surface area (TPSA) is 145 Å². The van der Waals surface area contributed by atoms with Crippen molar-refractivity contribution in [1.29, 1.82) is 0 Å². The molecule has 0 aromatic carbocycles. The molecule has 5 rings (SSSR count). The molecule has 194 valence electrons.